The van der Waals surface area contributed by atoms with Gasteiger partial charge < -0.3 is 10.6 Å². The van der Waals surface area contributed by atoms with Gasteiger partial charge in [0.2, 0.25) is 0 Å². The molecule has 0 aliphatic heterocycles. The van der Waals surface area contributed by atoms with E-state index in [1.807, 2.05) is 24.3 Å². The fraction of sp³-hybridized carbons (Fsp3) is 0.235. The third-order valence-electron chi connectivity index (χ3n) is 3.29. The van der Waals surface area contributed by atoms with E-state index in [-0.39, 0.29) is 11.8 Å². The number of rotatable bonds is 5. The number of hydrogen-bond donors (Lipinski definition) is 2. The molecule has 5 heteroatoms. The molecule has 0 saturated heterocycles. The molecular weight excluding hydrogens is 303 g/mol. The summed E-state index contributed by atoms with van der Waals surface area (Å²) in [5, 5.41) is 6.23. The maximum absolute atomic E-state index is 13.1. The molecule has 2 N–H and O–H groups in total. The highest BCUT2D eigenvalue weighted by Gasteiger charge is 2.02. The van der Waals surface area contributed by atoms with Crippen molar-refractivity contribution in [1.82, 2.24) is 10.6 Å². The Kier molecular flexibility index (Phi) is 5.78. The lowest BCUT2D eigenvalue weighted by Gasteiger charge is -2.08. The van der Waals surface area contributed by atoms with E-state index in [1.165, 1.54) is 6.07 Å². The molecule has 0 spiro atoms. The molecule has 116 valence electrons. The molecule has 3 nitrogen and oxygen atoms in total. The minimum atomic E-state index is -0.240. The van der Waals surface area contributed by atoms with Gasteiger partial charge in [0.25, 0.3) is 0 Å². The van der Waals surface area contributed by atoms with Gasteiger partial charge in [-0.1, -0.05) is 35.9 Å². The molecule has 2 rings (SSSR count). The van der Waals surface area contributed by atoms with Gasteiger partial charge in [0.05, 0.1) is 0 Å². The minimum Gasteiger partial charge on any atom is -0.338 e. The van der Waals surface area contributed by atoms with Crippen LogP contribution in [0.5, 0.6) is 0 Å². The van der Waals surface area contributed by atoms with E-state index in [0.29, 0.717) is 23.7 Å². The summed E-state index contributed by atoms with van der Waals surface area (Å²) in [5.74, 6) is -0.240. The Hall–Kier alpha value is -2.07. The van der Waals surface area contributed by atoms with Crippen LogP contribution in [-0.4, -0.2) is 12.6 Å². The molecule has 0 bridgehead atoms. The van der Waals surface area contributed by atoms with Gasteiger partial charge in [-0.3, -0.25) is 0 Å². The molecule has 0 unspecified atom stereocenters. The Morgan fingerprint density at radius 2 is 1.77 bits per heavy atom. The van der Waals surface area contributed by atoms with Gasteiger partial charge in [0.15, 0.2) is 0 Å². The van der Waals surface area contributed by atoms with Crippen LogP contribution in [0.2, 0.25) is 5.02 Å². The maximum Gasteiger partial charge on any atom is 0.315 e. The van der Waals surface area contributed by atoms with Crippen molar-refractivity contribution in [3.8, 4) is 0 Å². The molecule has 0 fully saturated rings. The van der Waals surface area contributed by atoms with Crippen LogP contribution in [0.15, 0.2) is 42.5 Å². The molecule has 0 atom stereocenters. The second-order valence-electron chi connectivity index (χ2n) is 5.07. The van der Waals surface area contributed by atoms with Gasteiger partial charge in [-0.2, -0.15) is 0 Å². The lowest BCUT2D eigenvalue weighted by molar-refractivity contribution is 0.240. The smallest absolute Gasteiger partial charge is 0.315 e. The molecule has 2 aromatic carbocycles. The lowest BCUT2D eigenvalue weighted by atomic mass is 10.1. The molecule has 2 amide bonds. The van der Waals surface area contributed by atoms with E-state index in [2.05, 4.69) is 10.6 Å². The fourth-order valence-electron chi connectivity index (χ4n) is 2.03. The van der Waals surface area contributed by atoms with E-state index in [9.17, 15) is 9.18 Å². The molecule has 0 aromatic heterocycles. The number of urea groups is 1. The average Bonchev–Trinajstić information content (AvgIpc) is 2.50. The van der Waals surface area contributed by atoms with E-state index in [1.54, 1.807) is 19.1 Å². The zero-order chi connectivity index (χ0) is 15.9. The highest BCUT2D eigenvalue weighted by Crippen LogP contribution is 2.10. The Morgan fingerprint density at radius 3 is 2.45 bits per heavy atom. The van der Waals surface area contributed by atoms with E-state index in [0.717, 1.165) is 17.5 Å². The standard InChI is InChI=1S/C17H18ClFN2O/c1-12-10-14(4-7-16(12)19)11-21-17(22)20-9-8-13-2-5-15(18)6-3-13/h2-7,10H,8-9,11H2,1H3,(H2,20,21,22). The zero-order valence-electron chi connectivity index (χ0n) is 12.3. The van der Waals surface area contributed by atoms with Gasteiger partial charge in [-0.25, -0.2) is 9.18 Å². The third kappa shape index (κ3) is 5.04. The minimum absolute atomic E-state index is 0.240. The van der Waals surface area contributed by atoms with E-state index in [4.69, 9.17) is 11.6 Å². The number of carbonyl (C=O) groups excluding carboxylic acids is 1. The first-order valence-corrected chi connectivity index (χ1v) is 7.43. The van der Waals surface area contributed by atoms with Crippen LogP contribution in [0, 0.1) is 12.7 Å². The number of nitrogens with one attached hydrogen (secondary N) is 2. The van der Waals surface area contributed by atoms with Gasteiger partial charge in [-0.05, 0) is 48.2 Å². The summed E-state index contributed by atoms with van der Waals surface area (Å²) in [6, 6.07) is 12.1. The van der Waals surface area contributed by atoms with Crippen molar-refractivity contribution in [3.63, 3.8) is 0 Å². The maximum atomic E-state index is 13.1. The first-order valence-electron chi connectivity index (χ1n) is 7.06. The molecule has 0 heterocycles. The lowest BCUT2D eigenvalue weighted by Crippen LogP contribution is -2.36. The van der Waals surface area contributed by atoms with Crippen LogP contribution in [-0.2, 0) is 13.0 Å². The van der Waals surface area contributed by atoms with Crippen molar-refractivity contribution in [1.29, 1.82) is 0 Å². The number of hydrogen-bond acceptors (Lipinski definition) is 1. The van der Waals surface area contributed by atoms with Crippen LogP contribution in [0.4, 0.5) is 9.18 Å². The van der Waals surface area contributed by atoms with Crippen LogP contribution in [0.1, 0.15) is 16.7 Å². The second-order valence-corrected chi connectivity index (χ2v) is 5.51. The summed E-state index contributed by atoms with van der Waals surface area (Å²) >= 11 is 5.81. The average molecular weight is 321 g/mol. The number of amides is 2. The summed E-state index contributed by atoms with van der Waals surface area (Å²) < 4.78 is 13.1. The first kappa shape index (κ1) is 16.3. The monoisotopic (exact) mass is 320 g/mol. The summed E-state index contributed by atoms with van der Waals surface area (Å²) in [5.41, 5.74) is 2.55. The van der Waals surface area contributed by atoms with Crippen molar-refractivity contribution in [2.75, 3.05) is 6.54 Å². The van der Waals surface area contributed by atoms with Crippen molar-refractivity contribution in [3.05, 3.63) is 70.0 Å². The van der Waals surface area contributed by atoms with Crippen LogP contribution >= 0.6 is 11.6 Å². The van der Waals surface area contributed by atoms with Crippen LogP contribution < -0.4 is 10.6 Å². The Balaban J connectivity index is 1.71. The molecule has 0 aliphatic carbocycles. The van der Waals surface area contributed by atoms with Crippen molar-refractivity contribution >= 4 is 17.6 Å². The van der Waals surface area contributed by atoms with Gasteiger partial charge >= 0.3 is 6.03 Å². The molecule has 0 radical (unpaired) electrons. The Labute approximate surface area is 134 Å². The van der Waals surface area contributed by atoms with Crippen molar-refractivity contribution < 1.29 is 9.18 Å². The predicted octanol–water partition coefficient (Wildman–Crippen LogP) is 3.83. The highest BCUT2D eigenvalue weighted by molar-refractivity contribution is 6.30. The SMILES string of the molecule is Cc1cc(CNC(=O)NCCc2ccc(Cl)cc2)ccc1F. The quantitative estimate of drug-likeness (QED) is 0.863. The molecular formula is C17H18ClFN2O. The number of aryl methyl sites for hydroxylation is 1. The molecule has 2 aromatic rings. The van der Waals surface area contributed by atoms with Gasteiger partial charge in [-0.15, -0.1) is 0 Å². The Morgan fingerprint density at radius 1 is 1.09 bits per heavy atom. The van der Waals surface area contributed by atoms with Crippen LogP contribution in [0.3, 0.4) is 0 Å². The van der Waals surface area contributed by atoms with Crippen LogP contribution in [0.25, 0.3) is 0 Å². The summed E-state index contributed by atoms with van der Waals surface area (Å²) in [7, 11) is 0. The molecule has 0 saturated carbocycles. The topological polar surface area (TPSA) is 41.1 Å². The zero-order valence-corrected chi connectivity index (χ0v) is 13.1. The summed E-state index contributed by atoms with van der Waals surface area (Å²) in [6.45, 7) is 2.61. The van der Waals surface area contributed by atoms with Gasteiger partial charge in [0.1, 0.15) is 5.82 Å². The van der Waals surface area contributed by atoms with E-state index < -0.39 is 0 Å². The number of benzene rings is 2. The fourth-order valence-corrected chi connectivity index (χ4v) is 2.16. The van der Waals surface area contributed by atoms with E-state index >= 15 is 0 Å². The number of halogens is 2. The van der Waals surface area contributed by atoms with Crippen molar-refractivity contribution in [2.24, 2.45) is 0 Å². The summed E-state index contributed by atoms with van der Waals surface area (Å²) in [6.07, 6.45) is 0.736. The number of carbonyl (C=O) groups is 1. The largest absolute Gasteiger partial charge is 0.338 e. The van der Waals surface area contributed by atoms with Gasteiger partial charge in [0, 0.05) is 18.1 Å². The molecule has 0 aliphatic rings. The molecule has 22 heavy (non-hydrogen) atoms. The second kappa shape index (κ2) is 7.80. The predicted molar refractivity (Wildman–Crippen MR) is 86.5 cm³/mol. The highest BCUT2D eigenvalue weighted by atomic mass is 35.5. The third-order valence-corrected chi connectivity index (χ3v) is 3.54. The normalized spacial score (nSPS) is 10.3. The summed E-state index contributed by atoms with van der Waals surface area (Å²) in [4.78, 5) is 11.7. The first-order chi connectivity index (χ1) is 10.5. The van der Waals surface area contributed by atoms with Crippen molar-refractivity contribution in [2.45, 2.75) is 19.9 Å². The Bertz CT molecular complexity index is 644.